The van der Waals surface area contributed by atoms with Crippen LogP contribution in [-0.2, 0) is 5.41 Å². The molecule has 1 amide bonds. The average Bonchev–Trinajstić information content (AvgIpc) is 2.42. The van der Waals surface area contributed by atoms with Gasteiger partial charge in [0.25, 0.3) is 5.91 Å². The molecule has 5 heteroatoms. The molecule has 1 rings (SSSR count). The third kappa shape index (κ3) is 3.98. The summed E-state index contributed by atoms with van der Waals surface area (Å²) in [5.41, 5.74) is 7.03. The van der Waals surface area contributed by atoms with Gasteiger partial charge in [-0.2, -0.15) is 0 Å². The zero-order valence-electron chi connectivity index (χ0n) is 12.6. The summed E-state index contributed by atoms with van der Waals surface area (Å²) < 4.78 is 0. The highest BCUT2D eigenvalue weighted by molar-refractivity contribution is 5.96. The van der Waals surface area contributed by atoms with E-state index in [0.29, 0.717) is 18.5 Å². The number of amidine groups is 1. The van der Waals surface area contributed by atoms with Crippen LogP contribution in [0, 0.1) is 0 Å². The van der Waals surface area contributed by atoms with Crippen LogP contribution in [0.25, 0.3) is 0 Å². The average molecular weight is 277 g/mol. The molecule has 1 aromatic rings. The fourth-order valence-electron chi connectivity index (χ4n) is 1.96. The van der Waals surface area contributed by atoms with Crippen molar-refractivity contribution in [2.75, 3.05) is 13.6 Å². The lowest BCUT2D eigenvalue weighted by Gasteiger charge is -2.25. The smallest absolute Gasteiger partial charge is 0.253 e. The van der Waals surface area contributed by atoms with E-state index >= 15 is 0 Å². The minimum absolute atomic E-state index is 0.0544. The molecule has 3 N–H and O–H groups in total. The Labute approximate surface area is 120 Å². The quantitative estimate of drug-likeness (QED) is 0.383. The predicted molar refractivity (Wildman–Crippen MR) is 80.1 cm³/mol. The van der Waals surface area contributed by atoms with Crippen molar-refractivity contribution in [1.29, 1.82) is 0 Å². The monoisotopic (exact) mass is 277 g/mol. The Morgan fingerprint density at radius 2 is 1.95 bits per heavy atom. The standard InChI is InChI=1S/C15H23N3O2/c1-15(2,3)12-8-6-5-7-11(12)14(19)18(4)10-9-13(16)17-20/h5-8,20H,9-10H2,1-4H3,(H2,16,17). The predicted octanol–water partition coefficient (Wildman–Crippen LogP) is 2.19. The van der Waals surface area contributed by atoms with Gasteiger partial charge in [0, 0.05) is 25.6 Å². The first-order valence-electron chi connectivity index (χ1n) is 6.58. The van der Waals surface area contributed by atoms with E-state index < -0.39 is 0 Å². The Hall–Kier alpha value is -2.04. The molecule has 5 nitrogen and oxygen atoms in total. The van der Waals surface area contributed by atoms with Gasteiger partial charge in [0.1, 0.15) is 5.84 Å². The van der Waals surface area contributed by atoms with Crippen molar-refractivity contribution in [3.8, 4) is 0 Å². The minimum Gasteiger partial charge on any atom is -0.409 e. The first-order chi connectivity index (χ1) is 9.27. The number of hydrogen-bond acceptors (Lipinski definition) is 3. The van der Waals surface area contributed by atoms with Gasteiger partial charge in [-0.3, -0.25) is 4.79 Å². The second-order valence-corrected chi connectivity index (χ2v) is 5.86. The first kappa shape index (κ1) is 16.0. The van der Waals surface area contributed by atoms with Crippen LogP contribution >= 0.6 is 0 Å². The molecule has 0 saturated carbocycles. The highest BCUT2D eigenvalue weighted by Gasteiger charge is 2.22. The van der Waals surface area contributed by atoms with Crippen molar-refractivity contribution in [3.05, 3.63) is 35.4 Å². The highest BCUT2D eigenvalue weighted by atomic mass is 16.4. The number of carbonyl (C=O) groups is 1. The molecule has 0 fully saturated rings. The third-order valence-corrected chi connectivity index (χ3v) is 3.14. The van der Waals surface area contributed by atoms with Gasteiger partial charge in [0.05, 0.1) is 0 Å². The van der Waals surface area contributed by atoms with E-state index in [9.17, 15) is 4.79 Å². The van der Waals surface area contributed by atoms with Gasteiger partial charge in [0.2, 0.25) is 0 Å². The lowest BCUT2D eigenvalue weighted by Crippen LogP contribution is -2.32. The van der Waals surface area contributed by atoms with Crippen molar-refractivity contribution in [2.45, 2.75) is 32.6 Å². The number of amides is 1. The summed E-state index contributed by atoms with van der Waals surface area (Å²) in [5, 5.41) is 11.4. The maximum atomic E-state index is 12.5. The fourth-order valence-corrected chi connectivity index (χ4v) is 1.96. The Kier molecular flexibility index (Phi) is 5.13. The SMILES string of the molecule is CN(CC/C(N)=N/O)C(=O)c1ccccc1C(C)(C)C. The molecule has 1 aromatic carbocycles. The highest BCUT2D eigenvalue weighted by Crippen LogP contribution is 2.26. The van der Waals surface area contributed by atoms with Crippen LogP contribution in [0.5, 0.6) is 0 Å². The van der Waals surface area contributed by atoms with Gasteiger partial charge in [0.15, 0.2) is 0 Å². The molecule has 110 valence electrons. The van der Waals surface area contributed by atoms with E-state index in [-0.39, 0.29) is 17.2 Å². The number of carbonyl (C=O) groups excluding carboxylic acids is 1. The second kappa shape index (κ2) is 6.41. The van der Waals surface area contributed by atoms with Crippen molar-refractivity contribution in [1.82, 2.24) is 4.90 Å². The third-order valence-electron chi connectivity index (χ3n) is 3.14. The van der Waals surface area contributed by atoms with Crippen LogP contribution < -0.4 is 5.73 Å². The maximum Gasteiger partial charge on any atom is 0.253 e. The molecule has 0 radical (unpaired) electrons. The lowest BCUT2D eigenvalue weighted by molar-refractivity contribution is 0.0796. The number of rotatable bonds is 4. The fraction of sp³-hybridized carbons (Fsp3) is 0.467. The maximum absolute atomic E-state index is 12.5. The molecular weight excluding hydrogens is 254 g/mol. The summed E-state index contributed by atoms with van der Waals surface area (Å²) in [7, 11) is 1.71. The number of oxime groups is 1. The summed E-state index contributed by atoms with van der Waals surface area (Å²) in [5.74, 6) is 0.0648. The van der Waals surface area contributed by atoms with E-state index in [1.54, 1.807) is 11.9 Å². The van der Waals surface area contributed by atoms with Gasteiger partial charge < -0.3 is 15.8 Å². The molecule has 20 heavy (non-hydrogen) atoms. The zero-order chi connectivity index (χ0) is 15.3. The lowest BCUT2D eigenvalue weighted by atomic mass is 9.83. The molecule has 0 bridgehead atoms. The van der Waals surface area contributed by atoms with Crippen molar-refractivity contribution < 1.29 is 10.0 Å². The summed E-state index contributed by atoms with van der Waals surface area (Å²) in [4.78, 5) is 14.1. The van der Waals surface area contributed by atoms with Crippen molar-refractivity contribution >= 4 is 11.7 Å². The van der Waals surface area contributed by atoms with Crippen LogP contribution in [-0.4, -0.2) is 35.4 Å². The molecule has 0 aliphatic heterocycles. The van der Waals surface area contributed by atoms with Gasteiger partial charge in [-0.15, -0.1) is 0 Å². The molecule has 0 aromatic heterocycles. The Bertz CT molecular complexity index is 504. The van der Waals surface area contributed by atoms with Crippen LogP contribution in [0.1, 0.15) is 43.1 Å². The number of nitrogens with zero attached hydrogens (tertiary/aromatic N) is 2. The Morgan fingerprint density at radius 3 is 2.50 bits per heavy atom. The van der Waals surface area contributed by atoms with E-state index in [1.807, 2.05) is 24.3 Å². The second-order valence-electron chi connectivity index (χ2n) is 5.86. The molecule has 0 saturated heterocycles. The largest absolute Gasteiger partial charge is 0.409 e. The van der Waals surface area contributed by atoms with Gasteiger partial charge in [-0.1, -0.05) is 44.1 Å². The van der Waals surface area contributed by atoms with Crippen LogP contribution in [0.4, 0.5) is 0 Å². The van der Waals surface area contributed by atoms with E-state index in [4.69, 9.17) is 10.9 Å². The molecule has 0 spiro atoms. The van der Waals surface area contributed by atoms with E-state index in [0.717, 1.165) is 5.56 Å². The molecule has 0 heterocycles. The van der Waals surface area contributed by atoms with Gasteiger partial charge in [-0.05, 0) is 17.0 Å². The molecule has 0 aliphatic rings. The van der Waals surface area contributed by atoms with Crippen LogP contribution in [0.2, 0.25) is 0 Å². The van der Waals surface area contributed by atoms with E-state index in [1.165, 1.54) is 0 Å². The minimum atomic E-state index is -0.0985. The molecule has 0 unspecified atom stereocenters. The number of nitrogens with two attached hydrogens (primary N) is 1. The number of hydrogen-bond donors (Lipinski definition) is 2. The van der Waals surface area contributed by atoms with Crippen molar-refractivity contribution in [2.24, 2.45) is 10.9 Å². The number of benzene rings is 1. The Balaban J connectivity index is 2.92. The summed E-state index contributed by atoms with van der Waals surface area (Å²) in [6, 6.07) is 7.61. The molecule has 0 atom stereocenters. The summed E-state index contributed by atoms with van der Waals surface area (Å²) in [6.45, 7) is 6.65. The van der Waals surface area contributed by atoms with Crippen LogP contribution in [0.15, 0.2) is 29.4 Å². The van der Waals surface area contributed by atoms with Gasteiger partial charge in [-0.25, -0.2) is 0 Å². The topological polar surface area (TPSA) is 78.9 Å². The summed E-state index contributed by atoms with van der Waals surface area (Å²) in [6.07, 6.45) is 0.344. The Morgan fingerprint density at radius 1 is 1.35 bits per heavy atom. The molecule has 0 aliphatic carbocycles. The van der Waals surface area contributed by atoms with Crippen LogP contribution in [0.3, 0.4) is 0 Å². The first-order valence-corrected chi connectivity index (χ1v) is 6.58. The van der Waals surface area contributed by atoms with Gasteiger partial charge >= 0.3 is 0 Å². The molecular formula is C15H23N3O2. The normalized spacial score (nSPS) is 12.3. The van der Waals surface area contributed by atoms with E-state index in [2.05, 4.69) is 25.9 Å². The van der Waals surface area contributed by atoms with Crippen molar-refractivity contribution in [3.63, 3.8) is 0 Å². The summed E-state index contributed by atoms with van der Waals surface area (Å²) >= 11 is 0. The zero-order valence-corrected chi connectivity index (χ0v) is 12.6.